The van der Waals surface area contributed by atoms with Crippen molar-refractivity contribution in [1.29, 1.82) is 0 Å². The van der Waals surface area contributed by atoms with Gasteiger partial charge in [0.2, 0.25) is 5.91 Å². The summed E-state index contributed by atoms with van der Waals surface area (Å²) in [5.74, 6) is -0.0746. The minimum absolute atomic E-state index is 0.0220. The number of carbonyl (C=O) groups excluding carboxylic acids is 1. The van der Waals surface area contributed by atoms with Crippen LogP contribution < -0.4 is 5.56 Å². The number of carbonyl (C=O) groups is 1. The predicted molar refractivity (Wildman–Crippen MR) is 91.6 cm³/mol. The van der Waals surface area contributed by atoms with Crippen molar-refractivity contribution in [2.75, 3.05) is 6.54 Å². The molecule has 5 nitrogen and oxygen atoms in total. The summed E-state index contributed by atoms with van der Waals surface area (Å²) in [6.07, 6.45) is 2.48. The normalized spacial score (nSPS) is 13.8. The molecule has 2 aromatic carbocycles. The minimum Gasteiger partial charge on any atom is -0.336 e. The van der Waals surface area contributed by atoms with Crippen LogP contribution in [0.25, 0.3) is 10.8 Å². The van der Waals surface area contributed by atoms with Gasteiger partial charge in [-0.2, -0.15) is 5.10 Å². The molecule has 0 atom stereocenters. The van der Waals surface area contributed by atoms with E-state index in [1.54, 1.807) is 17.2 Å². The lowest BCUT2D eigenvalue weighted by Gasteiger charge is -2.28. The smallest absolute Gasteiger partial charge is 0.275 e. The number of amides is 1. The highest BCUT2D eigenvalue weighted by atomic mass is 16.2. The number of hydrogen-bond acceptors (Lipinski definition) is 3. The Morgan fingerprint density at radius 1 is 1.04 bits per heavy atom. The second kappa shape index (κ2) is 5.92. The van der Waals surface area contributed by atoms with Gasteiger partial charge >= 0.3 is 0 Å². The molecule has 24 heavy (non-hydrogen) atoms. The fourth-order valence-corrected chi connectivity index (χ4v) is 3.18. The Labute approximate surface area is 139 Å². The van der Waals surface area contributed by atoms with E-state index in [2.05, 4.69) is 17.2 Å². The minimum atomic E-state index is -0.223. The topological polar surface area (TPSA) is 55.2 Å². The van der Waals surface area contributed by atoms with E-state index in [1.807, 2.05) is 30.3 Å². The summed E-state index contributed by atoms with van der Waals surface area (Å²) < 4.78 is 1.26. The van der Waals surface area contributed by atoms with Crippen molar-refractivity contribution < 1.29 is 4.79 Å². The van der Waals surface area contributed by atoms with Gasteiger partial charge in [-0.15, -0.1) is 0 Å². The number of hydrogen-bond donors (Lipinski definition) is 0. The van der Waals surface area contributed by atoms with Crippen LogP contribution in [0.5, 0.6) is 0 Å². The second-order valence-corrected chi connectivity index (χ2v) is 6.03. The summed E-state index contributed by atoms with van der Waals surface area (Å²) in [6.45, 7) is 1.25. The van der Waals surface area contributed by atoms with Crippen molar-refractivity contribution in [1.82, 2.24) is 14.7 Å². The predicted octanol–water partition coefficient (Wildman–Crippen LogP) is 1.98. The van der Waals surface area contributed by atoms with Crippen molar-refractivity contribution in [2.24, 2.45) is 0 Å². The highest BCUT2D eigenvalue weighted by Crippen LogP contribution is 2.18. The molecule has 0 N–H and O–H groups in total. The second-order valence-electron chi connectivity index (χ2n) is 6.03. The van der Waals surface area contributed by atoms with Crippen LogP contribution in [-0.4, -0.2) is 27.1 Å². The third-order valence-corrected chi connectivity index (χ3v) is 4.53. The number of fused-ring (bicyclic) bond motifs is 2. The summed E-state index contributed by atoms with van der Waals surface area (Å²) in [4.78, 5) is 26.9. The molecular weight excluding hydrogens is 302 g/mol. The first kappa shape index (κ1) is 14.6. The third kappa shape index (κ3) is 2.58. The van der Waals surface area contributed by atoms with Crippen LogP contribution in [0.15, 0.2) is 59.5 Å². The molecule has 3 aromatic rings. The molecule has 0 radical (unpaired) electrons. The van der Waals surface area contributed by atoms with Crippen molar-refractivity contribution in [3.05, 3.63) is 76.2 Å². The van der Waals surface area contributed by atoms with Gasteiger partial charge in [0.25, 0.3) is 5.56 Å². The van der Waals surface area contributed by atoms with E-state index in [0.29, 0.717) is 18.5 Å². The molecule has 1 aliphatic rings. The Hall–Kier alpha value is -2.95. The van der Waals surface area contributed by atoms with Crippen molar-refractivity contribution in [3.8, 4) is 0 Å². The maximum Gasteiger partial charge on any atom is 0.275 e. The van der Waals surface area contributed by atoms with Gasteiger partial charge in [-0.1, -0.05) is 42.5 Å². The molecule has 0 bridgehead atoms. The Balaban J connectivity index is 1.57. The molecule has 120 valence electrons. The molecule has 0 fully saturated rings. The fraction of sp³-hybridized carbons (Fsp3) is 0.211. The van der Waals surface area contributed by atoms with Gasteiger partial charge in [0.05, 0.1) is 11.6 Å². The summed E-state index contributed by atoms with van der Waals surface area (Å²) in [5.41, 5.74) is 2.25. The Kier molecular flexibility index (Phi) is 3.61. The highest BCUT2D eigenvalue weighted by molar-refractivity contribution is 5.81. The number of rotatable bonds is 2. The van der Waals surface area contributed by atoms with Crippen LogP contribution in [0.2, 0.25) is 0 Å². The molecule has 0 aliphatic carbocycles. The van der Waals surface area contributed by atoms with E-state index in [9.17, 15) is 9.59 Å². The lowest BCUT2D eigenvalue weighted by Crippen LogP contribution is -2.40. The SMILES string of the molecule is O=C(Cn1ncc2ccccc2c1=O)N1CCc2ccccc2C1. The molecule has 2 heterocycles. The largest absolute Gasteiger partial charge is 0.336 e. The quantitative estimate of drug-likeness (QED) is 0.726. The Bertz CT molecular complexity index is 978. The Morgan fingerprint density at radius 2 is 1.79 bits per heavy atom. The molecule has 1 aliphatic heterocycles. The fourth-order valence-electron chi connectivity index (χ4n) is 3.18. The molecule has 0 spiro atoms. The molecule has 1 aromatic heterocycles. The van der Waals surface area contributed by atoms with Crippen LogP contribution in [-0.2, 0) is 24.3 Å². The Morgan fingerprint density at radius 3 is 2.67 bits per heavy atom. The third-order valence-electron chi connectivity index (χ3n) is 4.53. The van der Waals surface area contributed by atoms with E-state index in [-0.39, 0.29) is 18.0 Å². The standard InChI is InChI=1S/C19H17N3O2/c23-18(21-10-9-14-5-1-2-7-16(14)12-21)13-22-19(24)17-8-4-3-6-15(17)11-20-22/h1-8,11H,9-10,12-13H2. The van der Waals surface area contributed by atoms with Crippen molar-refractivity contribution in [2.45, 2.75) is 19.5 Å². The molecule has 0 saturated heterocycles. The van der Waals surface area contributed by atoms with Crippen LogP contribution in [0.1, 0.15) is 11.1 Å². The van der Waals surface area contributed by atoms with Gasteiger partial charge in [-0.25, -0.2) is 4.68 Å². The number of nitrogens with zero attached hydrogens (tertiary/aromatic N) is 3. The van der Waals surface area contributed by atoms with Gasteiger partial charge in [-0.05, 0) is 23.6 Å². The van der Waals surface area contributed by atoms with E-state index in [1.165, 1.54) is 15.8 Å². The molecule has 1 amide bonds. The highest BCUT2D eigenvalue weighted by Gasteiger charge is 2.21. The van der Waals surface area contributed by atoms with E-state index in [4.69, 9.17) is 0 Å². The van der Waals surface area contributed by atoms with Crippen LogP contribution in [0.3, 0.4) is 0 Å². The van der Waals surface area contributed by atoms with Crippen LogP contribution >= 0.6 is 0 Å². The molecule has 0 unspecified atom stereocenters. The van der Waals surface area contributed by atoms with E-state index in [0.717, 1.165) is 11.8 Å². The lowest BCUT2D eigenvalue weighted by atomic mass is 10.00. The molecular formula is C19H17N3O2. The summed E-state index contributed by atoms with van der Waals surface area (Å²) >= 11 is 0. The maximum atomic E-state index is 12.6. The zero-order valence-corrected chi connectivity index (χ0v) is 13.2. The summed E-state index contributed by atoms with van der Waals surface area (Å²) in [7, 11) is 0. The van der Waals surface area contributed by atoms with Gasteiger partial charge in [0, 0.05) is 18.5 Å². The van der Waals surface area contributed by atoms with E-state index < -0.39 is 0 Å². The number of benzene rings is 2. The first-order valence-electron chi connectivity index (χ1n) is 8.02. The first-order chi connectivity index (χ1) is 11.7. The zero-order valence-electron chi connectivity index (χ0n) is 13.2. The zero-order chi connectivity index (χ0) is 16.5. The molecule has 4 rings (SSSR count). The van der Waals surface area contributed by atoms with Gasteiger partial charge in [-0.3, -0.25) is 9.59 Å². The summed E-state index contributed by atoms with van der Waals surface area (Å²) in [5, 5.41) is 5.52. The maximum absolute atomic E-state index is 12.6. The average Bonchev–Trinajstić information content (AvgIpc) is 2.64. The monoisotopic (exact) mass is 319 g/mol. The molecule has 0 saturated carbocycles. The summed E-state index contributed by atoms with van der Waals surface area (Å²) in [6, 6.07) is 15.5. The van der Waals surface area contributed by atoms with Gasteiger partial charge in [0.1, 0.15) is 6.54 Å². The van der Waals surface area contributed by atoms with Crippen molar-refractivity contribution >= 4 is 16.7 Å². The lowest BCUT2D eigenvalue weighted by molar-refractivity contribution is -0.133. The average molecular weight is 319 g/mol. The van der Waals surface area contributed by atoms with Crippen molar-refractivity contribution in [3.63, 3.8) is 0 Å². The first-order valence-corrected chi connectivity index (χ1v) is 8.02. The molecule has 5 heteroatoms. The van der Waals surface area contributed by atoms with Gasteiger partial charge < -0.3 is 4.90 Å². The van der Waals surface area contributed by atoms with Gasteiger partial charge in [0.15, 0.2) is 0 Å². The number of aromatic nitrogens is 2. The van der Waals surface area contributed by atoms with E-state index >= 15 is 0 Å². The van der Waals surface area contributed by atoms with Crippen LogP contribution in [0, 0.1) is 0 Å². The van der Waals surface area contributed by atoms with Crippen LogP contribution in [0.4, 0.5) is 0 Å².